The molecule has 5 heteroatoms. The van der Waals surface area contributed by atoms with Crippen LogP contribution in [0.4, 0.5) is 4.39 Å². The molecule has 0 amide bonds. The summed E-state index contributed by atoms with van der Waals surface area (Å²) in [6.45, 7) is 0. The number of esters is 1. The van der Waals surface area contributed by atoms with Gasteiger partial charge in [0.2, 0.25) is 0 Å². The summed E-state index contributed by atoms with van der Waals surface area (Å²) >= 11 is 5.73. The Hall–Kier alpha value is -1.13. The average Bonchev–Trinajstić information content (AvgIpc) is 2.89. The fourth-order valence-corrected chi connectivity index (χ4v) is 2.63. The summed E-state index contributed by atoms with van der Waals surface area (Å²) in [5.41, 5.74) is 0.281. The smallest absolute Gasteiger partial charge is 0.327 e. The molecule has 104 valence electrons. The van der Waals surface area contributed by atoms with Crippen molar-refractivity contribution in [2.45, 2.75) is 37.8 Å². The molecule has 0 heterocycles. The topological polar surface area (TPSA) is 38.3 Å². The first-order valence-corrected chi connectivity index (χ1v) is 6.78. The van der Waals surface area contributed by atoms with Crippen LogP contribution in [0.1, 0.15) is 37.3 Å². The van der Waals surface area contributed by atoms with E-state index in [1.165, 1.54) is 19.2 Å². The second-order valence-corrected chi connectivity index (χ2v) is 5.21. The van der Waals surface area contributed by atoms with Gasteiger partial charge in [0, 0.05) is 16.6 Å². The predicted octanol–water partition coefficient (Wildman–Crippen LogP) is 3.23. The van der Waals surface area contributed by atoms with Crippen LogP contribution in [0.15, 0.2) is 18.2 Å². The molecule has 1 aliphatic rings. The summed E-state index contributed by atoms with van der Waals surface area (Å²) in [5.74, 6) is -0.971. The molecule has 1 unspecified atom stereocenters. The van der Waals surface area contributed by atoms with Crippen molar-refractivity contribution < 1.29 is 13.9 Å². The summed E-state index contributed by atoms with van der Waals surface area (Å²) in [4.78, 5) is 11.9. The highest BCUT2D eigenvalue weighted by molar-refractivity contribution is 6.30. The SMILES string of the molecule is COC(=O)C(NC1CCCC1)c1ccc(Cl)cc1F. The lowest BCUT2D eigenvalue weighted by Crippen LogP contribution is -2.36. The molecule has 0 aromatic heterocycles. The molecule has 1 atom stereocenters. The zero-order chi connectivity index (χ0) is 13.8. The number of nitrogens with one attached hydrogen (secondary N) is 1. The van der Waals surface area contributed by atoms with Crippen LogP contribution in [0, 0.1) is 5.82 Å². The maximum Gasteiger partial charge on any atom is 0.327 e. The van der Waals surface area contributed by atoms with E-state index >= 15 is 0 Å². The van der Waals surface area contributed by atoms with Crippen molar-refractivity contribution in [1.29, 1.82) is 0 Å². The summed E-state index contributed by atoms with van der Waals surface area (Å²) in [5, 5.41) is 3.50. The number of ether oxygens (including phenoxy) is 1. The monoisotopic (exact) mass is 285 g/mol. The van der Waals surface area contributed by atoms with Gasteiger partial charge in [-0.05, 0) is 25.0 Å². The third kappa shape index (κ3) is 3.45. The number of carbonyl (C=O) groups is 1. The van der Waals surface area contributed by atoms with E-state index in [9.17, 15) is 9.18 Å². The van der Waals surface area contributed by atoms with Gasteiger partial charge in [0.1, 0.15) is 11.9 Å². The lowest BCUT2D eigenvalue weighted by atomic mass is 10.0. The normalized spacial score (nSPS) is 17.4. The van der Waals surface area contributed by atoms with Crippen molar-refractivity contribution in [2.24, 2.45) is 0 Å². The van der Waals surface area contributed by atoms with Crippen molar-refractivity contribution in [2.75, 3.05) is 7.11 Å². The minimum absolute atomic E-state index is 0.235. The number of hydrogen-bond acceptors (Lipinski definition) is 3. The molecule has 1 N–H and O–H groups in total. The first-order chi connectivity index (χ1) is 9.11. The van der Waals surface area contributed by atoms with Gasteiger partial charge in [0.15, 0.2) is 0 Å². The molecule has 0 spiro atoms. The highest BCUT2D eigenvalue weighted by atomic mass is 35.5. The molecule has 1 saturated carbocycles. The Kier molecular flexibility index (Phi) is 4.77. The molecular formula is C14H17ClFNO2. The van der Waals surface area contributed by atoms with Crippen LogP contribution in [-0.4, -0.2) is 19.1 Å². The first-order valence-electron chi connectivity index (χ1n) is 6.40. The van der Waals surface area contributed by atoms with E-state index in [4.69, 9.17) is 16.3 Å². The van der Waals surface area contributed by atoms with Crippen LogP contribution in [-0.2, 0) is 9.53 Å². The number of methoxy groups -OCH3 is 1. The molecule has 3 nitrogen and oxygen atoms in total. The quantitative estimate of drug-likeness (QED) is 0.863. The highest BCUT2D eigenvalue weighted by Gasteiger charge is 2.28. The molecule has 0 saturated heterocycles. The van der Waals surface area contributed by atoms with Gasteiger partial charge in [0.05, 0.1) is 7.11 Å². The minimum atomic E-state index is -0.773. The van der Waals surface area contributed by atoms with Gasteiger partial charge in [-0.1, -0.05) is 30.5 Å². The van der Waals surface area contributed by atoms with E-state index in [-0.39, 0.29) is 11.6 Å². The molecule has 2 rings (SSSR count). The van der Waals surface area contributed by atoms with E-state index in [1.54, 1.807) is 6.07 Å². The fourth-order valence-electron chi connectivity index (χ4n) is 2.47. The van der Waals surface area contributed by atoms with Gasteiger partial charge in [0.25, 0.3) is 0 Å². The van der Waals surface area contributed by atoms with Gasteiger partial charge in [-0.2, -0.15) is 0 Å². The Labute approximate surface area is 117 Å². The fraction of sp³-hybridized carbons (Fsp3) is 0.500. The number of carbonyl (C=O) groups excluding carboxylic acids is 1. The van der Waals surface area contributed by atoms with Crippen molar-refractivity contribution in [3.63, 3.8) is 0 Å². The summed E-state index contributed by atoms with van der Waals surface area (Å²) in [7, 11) is 1.31. The van der Waals surface area contributed by atoms with Gasteiger partial charge in [-0.25, -0.2) is 9.18 Å². The van der Waals surface area contributed by atoms with Gasteiger partial charge >= 0.3 is 5.97 Å². The summed E-state index contributed by atoms with van der Waals surface area (Å²) < 4.78 is 18.7. The second kappa shape index (κ2) is 6.35. The first kappa shape index (κ1) is 14.3. The molecule has 1 aromatic rings. The van der Waals surface area contributed by atoms with Crippen molar-refractivity contribution >= 4 is 17.6 Å². The Morgan fingerprint density at radius 1 is 1.47 bits per heavy atom. The standard InChI is InChI=1S/C14H17ClFNO2/c1-19-14(18)13(17-10-4-2-3-5-10)11-7-6-9(15)8-12(11)16/h6-8,10,13,17H,2-5H2,1H3. The van der Waals surface area contributed by atoms with Crippen LogP contribution >= 0.6 is 11.6 Å². The number of hydrogen-bond donors (Lipinski definition) is 1. The Bertz CT molecular complexity index is 461. The van der Waals surface area contributed by atoms with Crippen molar-refractivity contribution in [3.05, 3.63) is 34.6 Å². The summed E-state index contributed by atoms with van der Waals surface area (Å²) in [6, 6.07) is 3.78. The molecule has 1 aliphatic carbocycles. The van der Waals surface area contributed by atoms with Gasteiger partial charge < -0.3 is 4.74 Å². The third-order valence-electron chi connectivity index (χ3n) is 3.47. The molecule has 1 aromatic carbocycles. The van der Waals surface area contributed by atoms with Gasteiger partial charge in [-0.3, -0.25) is 5.32 Å². The lowest BCUT2D eigenvalue weighted by Gasteiger charge is -2.21. The Morgan fingerprint density at radius 3 is 2.74 bits per heavy atom. The van der Waals surface area contributed by atoms with E-state index in [0.29, 0.717) is 5.02 Å². The Balaban J connectivity index is 2.23. The zero-order valence-electron chi connectivity index (χ0n) is 10.8. The number of benzene rings is 1. The van der Waals surface area contributed by atoms with Crippen molar-refractivity contribution in [3.8, 4) is 0 Å². The minimum Gasteiger partial charge on any atom is -0.468 e. The molecule has 0 bridgehead atoms. The lowest BCUT2D eigenvalue weighted by molar-refractivity contribution is -0.143. The van der Waals surface area contributed by atoms with Crippen LogP contribution in [0.3, 0.4) is 0 Å². The van der Waals surface area contributed by atoms with Crippen LogP contribution in [0.5, 0.6) is 0 Å². The highest BCUT2D eigenvalue weighted by Crippen LogP contribution is 2.26. The van der Waals surface area contributed by atoms with Crippen molar-refractivity contribution in [1.82, 2.24) is 5.32 Å². The zero-order valence-corrected chi connectivity index (χ0v) is 11.5. The second-order valence-electron chi connectivity index (χ2n) is 4.77. The van der Waals surface area contributed by atoms with Crippen LogP contribution < -0.4 is 5.32 Å². The molecule has 0 radical (unpaired) electrons. The summed E-state index contributed by atoms with van der Waals surface area (Å²) in [6.07, 6.45) is 4.27. The van der Waals surface area contributed by atoms with E-state index in [0.717, 1.165) is 25.7 Å². The van der Waals surface area contributed by atoms with E-state index < -0.39 is 17.8 Å². The number of halogens is 2. The molecule has 1 fully saturated rings. The van der Waals surface area contributed by atoms with Crippen LogP contribution in [0.2, 0.25) is 5.02 Å². The van der Waals surface area contributed by atoms with Crippen LogP contribution in [0.25, 0.3) is 0 Å². The maximum atomic E-state index is 13.9. The largest absolute Gasteiger partial charge is 0.468 e. The predicted molar refractivity (Wildman–Crippen MR) is 71.6 cm³/mol. The number of rotatable bonds is 4. The van der Waals surface area contributed by atoms with E-state index in [2.05, 4.69) is 5.32 Å². The van der Waals surface area contributed by atoms with E-state index in [1.807, 2.05) is 0 Å². The third-order valence-corrected chi connectivity index (χ3v) is 3.70. The molecule has 0 aliphatic heterocycles. The molecular weight excluding hydrogens is 269 g/mol. The maximum absolute atomic E-state index is 13.9. The average molecular weight is 286 g/mol. The van der Waals surface area contributed by atoms with Gasteiger partial charge in [-0.15, -0.1) is 0 Å². The molecule has 19 heavy (non-hydrogen) atoms. The Morgan fingerprint density at radius 2 is 2.16 bits per heavy atom.